The molecule has 3 nitrogen and oxygen atoms in total. The van der Waals surface area contributed by atoms with Crippen LogP contribution >= 0.6 is 0 Å². The Bertz CT molecular complexity index is 621. The van der Waals surface area contributed by atoms with Crippen molar-refractivity contribution >= 4 is 16.8 Å². The fraction of sp³-hybridized carbons (Fsp3) is 0.500. The average molecular weight is 284 g/mol. The van der Waals surface area contributed by atoms with Crippen molar-refractivity contribution in [2.75, 3.05) is 13.1 Å². The zero-order chi connectivity index (χ0) is 14.7. The minimum atomic E-state index is 0.258. The van der Waals surface area contributed by atoms with Crippen LogP contribution in [-0.4, -0.2) is 28.5 Å². The van der Waals surface area contributed by atoms with Crippen LogP contribution in [0.15, 0.2) is 30.5 Å². The first-order chi connectivity index (χ1) is 10.3. The van der Waals surface area contributed by atoms with Crippen LogP contribution in [0.25, 0.3) is 10.9 Å². The molecular formula is C18H24N2O. The van der Waals surface area contributed by atoms with Gasteiger partial charge in [-0.15, -0.1) is 0 Å². The monoisotopic (exact) mass is 284 g/mol. The molecule has 1 saturated heterocycles. The Morgan fingerprint density at radius 2 is 1.86 bits per heavy atom. The van der Waals surface area contributed by atoms with E-state index in [0.29, 0.717) is 6.54 Å². The molecule has 1 aliphatic rings. The Morgan fingerprint density at radius 1 is 1.10 bits per heavy atom. The minimum Gasteiger partial charge on any atom is -0.341 e. The number of fused-ring (bicyclic) bond motifs is 1. The second-order valence-corrected chi connectivity index (χ2v) is 5.99. The van der Waals surface area contributed by atoms with E-state index in [2.05, 4.69) is 35.8 Å². The van der Waals surface area contributed by atoms with Gasteiger partial charge in [-0.25, -0.2) is 0 Å². The van der Waals surface area contributed by atoms with E-state index < -0.39 is 0 Å². The molecule has 3 rings (SSSR count). The number of likely N-dealkylation sites (tertiary alicyclic amines) is 1. The van der Waals surface area contributed by atoms with Crippen molar-refractivity contribution in [1.29, 1.82) is 0 Å². The third kappa shape index (κ3) is 3.12. The standard InChI is InChI=1S/C18H24N2O/c1-2-15-7-8-17-16(13-15)9-12-20(17)14-18(21)19-10-5-3-4-6-11-19/h7-9,12-13H,2-6,10-11,14H2,1H3. The van der Waals surface area contributed by atoms with E-state index in [1.54, 1.807) is 0 Å². The molecule has 2 heterocycles. The van der Waals surface area contributed by atoms with Gasteiger partial charge in [0.15, 0.2) is 0 Å². The molecular weight excluding hydrogens is 260 g/mol. The molecule has 0 atom stereocenters. The molecule has 112 valence electrons. The summed E-state index contributed by atoms with van der Waals surface area (Å²) in [5.74, 6) is 0.258. The summed E-state index contributed by atoms with van der Waals surface area (Å²) in [7, 11) is 0. The van der Waals surface area contributed by atoms with E-state index in [4.69, 9.17) is 0 Å². The van der Waals surface area contributed by atoms with E-state index in [1.165, 1.54) is 23.8 Å². The Kier molecular flexibility index (Phi) is 4.28. The first kappa shape index (κ1) is 14.2. The molecule has 1 amide bonds. The quantitative estimate of drug-likeness (QED) is 0.845. The summed E-state index contributed by atoms with van der Waals surface area (Å²) in [6, 6.07) is 8.64. The zero-order valence-corrected chi connectivity index (χ0v) is 12.8. The number of nitrogens with zero attached hydrogens (tertiary/aromatic N) is 2. The molecule has 1 fully saturated rings. The maximum absolute atomic E-state index is 12.5. The molecule has 1 aromatic carbocycles. The van der Waals surface area contributed by atoms with Crippen molar-refractivity contribution in [1.82, 2.24) is 9.47 Å². The zero-order valence-electron chi connectivity index (χ0n) is 12.8. The summed E-state index contributed by atoms with van der Waals surface area (Å²) in [4.78, 5) is 14.5. The number of carbonyl (C=O) groups is 1. The average Bonchev–Trinajstić information content (AvgIpc) is 2.73. The Hall–Kier alpha value is -1.77. The predicted octanol–water partition coefficient (Wildman–Crippen LogP) is 3.61. The van der Waals surface area contributed by atoms with Gasteiger partial charge in [0, 0.05) is 24.8 Å². The lowest BCUT2D eigenvalue weighted by atomic mass is 10.1. The summed E-state index contributed by atoms with van der Waals surface area (Å²) in [6.07, 6.45) is 7.91. The second kappa shape index (κ2) is 6.33. The maximum Gasteiger partial charge on any atom is 0.242 e. The number of aromatic nitrogens is 1. The molecule has 1 aromatic heterocycles. The highest BCUT2D eigenvalue weighted by Crippen LogP contribution is 2.19. The Labute approximate surface area is 126 Å². The van der Waals surface area contributed by atoms with Crippen LogP contribution in [-0.2, 0) is 17.8 Å². The smallest absolute Gasteiger partial charge is 0.242 e. The number of aryl methyl sites for hydroxylation is 1. The first-order valence-corrected chi connectivity index (χ1v) is 8.13. The van der Waals surface area contributed by atoms with Crippen molar-refractivity contribution in [3.63, 3.8) is 0 Å². The molecule has 21 heavy (non-hydrogen) atoms. The highest BCUT2D eigenvalue weighted by Gasteiger charge is 2.16. The molecule has 0 aliphatic carbocycles. The lowest BCUT2D eigenvalue weighted by molar-refractivity contribution is -0.131. The third-order valence-electron chi connectivity index (χ3n) is 4.51. The summed E-state index contributed by atoms with van der Waals surface area (Å²) in [6.45, 7) is 4.49. The Morgan fingerprint density at radius 3 is 2.57 bits per heavy atom. The number of benzene rings is 1. The number of hydrogen-bond acceptors (Lipinski definition) is 1. The van der Waals surface area contributed by atoms with Crippen LogP contribution in [0.5, 0.6) is 0 Å². The van der Waals surface area contributed by atoms with Crippen molar-refractivity contribution in [2.24, 2.45) is 0 Å². The number of rotatable bonds is 3. The first-order valence-electron chi connectivity index (χ1n) is 8.13. The van der Waals surface area contributed by atoms with E-state index in [9.17, 15) is 4.79 Å². The minimum absolute atomic E-state index is 0.258. The molecule has 0 bridgehead atoms. The van der Waals surface area contributed by atoms with Gasteiger partial charge in [0.1, 0.15) is 6.54 Å². The molecule has 2 aromatic rings. The van der Waals surface area contributed by atoms with Crippen molar-refractivity contribution in [3.8, 4) is 0 Å². The van der Waals surface area contributed by atoms with E-state index >= 15 is 0 Å². The van der Waals surface area contributed by atoms with Gasteiger partial charge in [-0.1, -0.05) is 25.8 Å². The lowest BCUT2D eigenvalue weighted by Crippen LogP contribution is -2.34. The molecule has 0 saturated carbocycles. The van der Waals surface area contributed by atoms with Crippen LogP contribution in [0.4, 0.5) is 0 Å². The molecule has 0 N–H and O–H groups in total. The van der Waals surface area contributed by atoms with Gasteiger partial charge in [-0.3, -0.25) is 4.79 Å². The number of amides is 1. The summed E-state index contributed by atoms with van der Waals surface area (Å²) in [5.41, 5.74) is 2.51. The molecule has 0 spiro atoms. The van der Waals surface area contributed by atoms with Gasteiger partial charge in [-0.05, 0) is 48.4 Å². The van der Waals surface area contributed by atoms with Gasteiger partial charge >= 0.3 is 0 Å². The largest absolute Gasteiger partial charge is 0.341 e. The lowest BCUT2D eigenvalue weighted by Gasteiger charge is -2.20. The van der Waals surface area contributed by atoms with Crippen molar-refractivity contribution < 1.29 is 4.79 Å². The summed E-state index contributed by atoms with van der Waals surface area (Å²) < 4.78 is 2.09. The van der Waals surface area contributed by atoms with Crippen LogP contribution < -0.4 is 0 Å². The highest BCUT2D eigenvalue weighted by atomic mass is 16.2. The van der Waals surface area contributed by atoms with Crippen LogP contribution in [0.1, 0.15) is 38.2 Å². The van der Waals surface area contributed by atoms with Gasteiger partial charge in [0.25, 0.3) is 0 Å². The van der Waals surface area contributed by atoms with E-state index in [1.807, 2.05) is 11.1 Å². The van der Waals surface area contributed by atoms with Gasteiger partial charge in [-0.2, -0.15) is 0 Å². The second-order valence-electron chi connectivity index (χ2n) is 5.99. The SMILES string of the molecule is CCc1ccc2c(ccn2CC(=O)N2CCCCCC2)c1. The molecule has 0 unspecified atom stereocenters. The molecule has 1 aliphatic heterocycles. The highest BCUT2D eigenvalue weighted by molar-refractivity contribution is 5.84. The van der Waals surface area contributed by atoms with Crippen LogP contribution in [0.2, 0.25) is 0 Å². The van der Waals surface area contributed by atoms with Gasteiger partial charge in [0.05, 0.1) is 0 Å². The van der Waals surface area contributed by atoms with Gasteiger partial charge < -0.3 is 9.47 Å². The Balaban J connectivity index is 1.76. The van der Waals surface area contributed by atoms with Gasteiger partial charge in [0.2, 0.25) is 5.91 Å². The third-order valence-corrected chi connectivity index (χ3v) is 4.51. The van der Waals surface area contributed by atoms with Crippen molar-refractivity contribution in [2.45, 2.75) is 45.6 Å². The number of carbonyl (C=O) groups excluding carboxylic acids is 1. The van der Waals surface area contributed by atoms with Crippen LogP contribution in [0, 0.1) is 0 Å². The number of hydrogen-bond donors (Lipinski definition) is 0. The topological polar surface area (TPSA) is 25.2 Å². The molecule has 0 radical (unpaired) electrons. The molecule has 3 heteroatoms. The summed E-state index contributed by atoms with van der Waals surface area (Å²) >= 11 is 0. The normalized spacial score (nSPS) is 16.1. The van der Waals surface area contributed by atoms with Crippen molar-refractivity contribution in [3.05, 3.63) is 36.0 Å². The maximum atomic E-state index is 12.5. The van der Waals surface area contributed by atoms with E-state index in [0.717, 1.165) is 37.9 Å². The predicted molar refractivity (Wildman–Crippen MR) is 86.4 cm³/mol. The van der Waals surface area contributed by atoms with E-state index in [-0.39, 0.29) is 5.91 Å². The van der Waals surface area contributed by atoms with Crippen LogP contribution in [0.3, 0.4) is 0 Å². The fourth-order valence-corrected chi connectivity index (χ4v) is 3.17. The summed E-state index contributed by atoms with van der Waals surface area (Å²) in [5, 5.41) is 1.23. The fourth-order valence-electron chi connectivity index (χ4n) is 3.17.